The van der Waals surface area contributed by atoms with Gasteiger partial charge in [0, 0.05) is 24.7 Å². The predicted octanol–water partition coefficient (Wildman–Crippen LogP) is 0.521. The molecule has 1 atom stereocenters. The van der Waals surface area contributed by atoms with Gasteiger partial charge in [-0.2, -0.15) is 0 Å². The minimum atomic E-state index is 0.686. The van der Waals surface area contributed by atoms with Crippen molar-refractivity contribution in [3.05, 3.63) is 0 Å². The van der Waals surface area contributed by atoms with Crippen molar-refractivity contribution in [2.45, 2.75) is 19.4 Å². The van der Waals surface area contributed by atoms with Gasteiger partial charge >= 0.3 is 0 Å². The van der Waals surface area contributed by atoms with Crippen molar-refractivity contribution in [2.24, 2.45) is 0 Å². The van der Waals surface area contributed by atoms with E-state index in [2.05, 4.69) is 16.4 Å². The molecule has 0 radical (unpaired) electrons. The second-order valence-corrected chi connectivity index (χ2v) is 2.53. The first kappa shape index (κ1) is 5.41. The Morgan fingerprint density at radius 3 is 2.86 bits per heavy atom. The van der Waals surface area contributed by atoms with E-state index in [0.717, 1.165) is 6.54 Å². The molecule has 0 amide bonds. The van der Waals surface area contributed by atoms with Crippen LogP contribution in [0.4, 0.5) is 0 Å². The summed E-state index contributed by atoms with van der Waals surface area (Å²) in [6, 6.07) is 0.686. The number of nitrogens with one attached hydrogen (secondary N) is 2. The molecule has 2 nitrogen and oxygen atoms in total. The molecule has 1 fully saturated rings. The summed E-state index contributed by atoms with van der Waals surface area (Å²) >= 11 is 1.60. The Morgan fingerprint density at radius 1 is 1.71 bits per heavy atom. The SMILES string of the molecule is C[C@@H]1CCNSN1. The third kappa shape index (κ3) is 1.67. The third-order valence-corrected chi connectivity index (χ3v) is 1.88. The minimum absolute atomic E-state index is 0.686. The van der Waals surface area contributed by atoms with E-state index in [1.165, 1.54) is 6.42 Å². The van der Waals surface area contributed by atoms with Crippen molar-refractivity contribution in [2.75, 3.05) is 6.54 Å². The van der Waals surface area contributed by atoms with Crippen LogP contribution in [0, 0.1) is 0 Å². The Labute approximate surface area is 48.3 Å². The van der Waals surface area contributed by atoms with Gasteiger partial charge in [-0.25, -0.2) is 4.72 Å². The van der Waals surface area contributed by atoms with Crippen molar-refractivity contribution < 1.29 is 0 Å². The van der Waals surface area contributed by atoms with Gasteiger partial charge in [0.1, 0.15) is 0 Å². The van der Waals surface area contributed by atoms with Crippen LogP contribution in [0.3, 0.4) is 0 Å². The second kappa shape index (κ2) is 2.55. The molecule has 7 heavy (non-hydrogen) atoms. The molecule has 0 aromatic heterocycles. The van der Waals surface area contributed by atoms with Crippen LogP contribution in [0.5, 0.6) is 0 Å². The van der Waals surface area contributed by atoms with Crippen molar-refractivity contribution in [1.29, 1.82) is 0 Å². The molecule has 0 spiro atoms. The standard InChI is InChI=1S/C4H10N2S/c1-4-2-3-5-7-6-4/h4-6H,2-3H2,1H3/t4-/m1/s1. The molecule has 0 saturated carbocycles. The zero-order valence-electron chi connectivity index (χ0n) is 4.40. The molecule has 42 valence electrons. The summed E-state index contributed by atoms with van der Waals surface area (Å²) in [6.45, 7) is 3.33. The summed E-state index contributed by atoms with van der Waals surface area (Å²) in [6.07, 6.45) is 1.24. The summed E-state index contributed by atoms with van der Waals surface area (Å²) in [5.41, 5.74) is 0. The van der Waals surface area contributed by atoms with Crippen molar-refractivity contribution >= 4 is 12.1 Å². The zero-order valence-corrected chi connectivity index (χ0v) is 5.22. The Hall–Kier alpha value is 0.270. The fourth-order valence-electron chi connectivity index (χ4n) is 0.528. The second-order valence-electron chi connectivity index (χ2n) is 1.80. The lowest BCUT2D eigenvalue weighted by Gasteiger charge is -2.18. The molecule has 0 unspecified atom stereocenters. The lowest BCUT2D eigenvalue weighted by atomic mass is 10.3. The first-order chi connectivity index (χ1) is 3.39. The summed E-state index contributed by atoms with van der Waals surface area (Å²) in [5, 5.41) is 0. The summed E-state index contributed by atoms with van der Waals surface area (Å²) in [7, 11) is 0. The third-order valence-electron chi connectivity index (χ3n) is 1.01. The van der Waals surface area contributed by atoms with Gasteiger partial charge in [0.25, 0.3) is 0 Å². The van der Waals surface area contributed by atoms with Crippen molar-refractivity contribution in [1.82, 2.24) is 9.44 Å². The molecule has 3 heteroatoms. The Morgan fingerprint density at radius 2 is 2.57 bits per heavy atom. The first-order valence-electron chi connectivity index (χ1n) is 2.54. The lowest BCUT2D eigenvalue weighted by Crippen LogP contribution is -2.32. The molecule has 0 aliphatic carbocycles. The lowest BCUT2D eigenvalue weighted by molar-refractivity contribution is 0.598. The Balaban J connectivity index is 2.12. The van der Waals surface area contributed by atoms with Crippen LogP contribution in [-0.4, -0.2) is 12.6 Å². The first-order valence-corrected chi connectivity index (χ1v) is 3.35. The summed E-state index contributed by atoms with van der Waals surface area (Å²) in [5.74, 6) is 0. The molecule has 0 aromatic carbocycles. The molecule has 2 N–H and O–H groups in total. The maximum absolute atomic E-state index is 3.19. The summed E-state index contributed by atoms with van der Waals surface area (Å²) in [4.78, 5) is 0. The van der Waals surface area contributed by atoms with Crippen LogP contribution < -0.4 is 9.44 Å². The molecule has 1 saturated heterocycles. The number of rotatable bonds is 0. The fourth-order valence-corrected chi connectivity index (χ4v) is 1.15. The van der Waals surface area contributed by atoms with E-state index in [9.17, 15) is 0 Å². The Kier molecular flexibility index (Phi) is 1.97. The van der Waals surface area contributed by atoms with Gasteiger partial charge in [-0.05, 0) is 13.3 Å². The van der Waals surface area contributed by atoms with Crippen LogP contribution in [0.2, 0.25) is 0 Å². The largest absolute Gasteiger partial charge is 0.251 e. The average Bonchev–Trinajstić information content (AvgIpc) is 1.69. The van der Waals surface area contributed by atoms with Gasteiger partial charge in [-0.3, -0.25) is 4.72 Å². The van der Waals surface area contributed by atoms with Crippen LogP contribution in [0.25, 0.3) is 0 Å². The highest BCUT2D eigenvalue weighted by Crippen LogP contribution is 2.00. The molecule has 1 rings (SSSR count). The smallest absolute Gasteiger partial charge is 0.0168 e. The van der Waals surface area contributed by atoms with Gasteiger partial charge in [0.05, 0.1) is 0 Å². The van der Waals surface area contributed by atoms with Gasteiger partial charge in [-0.15, -0.1) is 0 Å². The molecule has 1 aliphatic heterocycles. The van der Waals surface area contributed by atoms with Crippen molar-refractivity contribution in [3.8, 4) is 0 Å². The van der Waals surface area contributed by atoms with Gasteiger partial charge in [0.2, 0.25) is 0 Å². The van der Waals surface area contributed by atoms with E-state index in [4.69, 9.17) is 0 Å². The van der Waals surface area contributed by atoms with Gasteiger partial charge in [-0.1, -0.05) is 0 Å². The molecular weight excluding hydrogens is 108 g/mol. The molecule has 1 aliphatic rings. The van der Waals surface area contributed by atoms with Gasteiger partial charge in [0.15, 0.2) is 0 Å². The zero-order chi connectivity index (χ0) is 5.11. The van der Waals surface area contributed by atoms with E-state index >= 15 is 0 Å². The highest BCUT2D eigenvalue weighted by Gasteiger charge is 2.04. The monoisotopic (exact) mass is 118 g/mol. The molecule has 0 aromatic rings. The topological polar surface area (TPSA) is 24.1 Å². The van der Waals surface area contributed by atoms with Gasteiger partial charge < -0.3 is 0 Å². The minimum Gasteiger partial charge on any atom is -0.251 e. The molecular formula is C4H10N2S. The Bertz CT molecular complexity index is 51.7. The number of hydrogen-bond donors (Lipinski definition) is 2. The van der Waals surface area contributed by atoms with E-state index < -0.39 is 0 Å². The predicted molar refractivity (Wildman–Crippen MR) is 32.8 cm³/mol. The normalized spacial score (nSPS) is 33.0. The van der Waals surface area contributed by atoms with Crippen LogP contribution >= 0.6 is 12.1 Å². The maximum atomic E-state index is 3.19. The van der Waals surface area contributed by atoms with Crippen LogP contribution in [0.1, 0.15) is 13.3 Å². The van der Waals surface area contributed by atoms with Crippen molar-refractivity contribution in [3.63, 3.8) is 0 Å². The van der Waals surface area contributed by atoms with E-state index in [1.807, 2.05) is 0 Å². The van der Waals surface area contributed by atoms with Crippen LogP contribution in [0.15, 0.2) is 0 Å². The maximum Gasteiger partial charge on any atom is 0.0168 e. The fraction of sp³-hybridized carbons (Fsp3) is 1.00. The highest BCUT2D eigenvalue weighted by molar-refractivity contribution is 7.95. The van der Waals surface area contributed by atoms with E-state index in [0.29, 0.717) is 6.04 Å². The number of hydrogen-bond acceptors (Lipinski definition) is 3. The highest BCUT2D eigenvalue weighted by atomic mass is 32.2. The van der Waals surface area contributed by atoms with Crippen LogP contribution in [-0.2, 0) is 0 Å². The molecule has 1 heterocycles. The van der Waals surface area contributed by atoms with E-state index in [1.54, 1.807) is 12.1 Å². The van der Waals surface area contributed by atoms with E-state index in [-0.39, 0.29) is 0 Å². The summed E-state index contributed by atoms with van der Waals surface area (Å²) < 4.78 is 6.31. The quantitative estimate of drug-likeness (QED) is 0.453. The average molecular weight is 118 g/mol. The molecule has 0 bridgehead atoms.